The van der Waals surface area contributed by atoms with E-state index in [1.165, 1.54) is 16.5 Å². The minimum atomic E-state index is 0.683. The molecule has 0 aliphatic rings. The molecule has 17 heavy (non-hydrogen) atoms. The molecule has 0 amide bonds. The fraction of sp³-hybridized carbons (Fsp3) is 0.385. The summed E-state index contributed by atoms with van der Waals surface area (Å²) in [6.45, 7) is 2.38. The summed E-state index contributed by atoms with van der Waals surface area (Å²) >= 11 is 3.52. The largest absolute Gasteiger partial charge is 0.347 e. The zero-order valence-electron chi connectivity index (χ0n) is 9.82. The van der Waals surface area contributed by atoms with Crippen LogP contribution in [0.4, 0.5) is 0 Å². The predicted molar refractivity (Wildman–Crippen MR) is 76.1 cm³/mol. The van der Waals surface area contributed by atoms with E-state index in [4.69, 9.17) is 11.5 Å². The van der Waals surface area contributed by atoms with E-state index < -0.39 is 0 Å². The van der Waals surface area contributed by atoms with Crippen molar-refractivity contribution < 1.29 is 0 Å². The van der Waals surface area contributed by atoms with E-state index in [1.807, 2.05) is 0 Å². The first kappa shape index (κ1) is 12.6. The third-order valence-electron chi connectivity index (χ3n) is 2.94. The highest BCUT2D eigenvalue weighted by molar-refractivity contribution is 9.10. The summed E-state index contributed by atoms with van der Waals surface area (Å²) in [6, 6.07) is 6.39. The molecule has 0 bridgehead atoms. The van der Waals surface area contributed by atoms with Gasteiger partial charge in [0.25, 0.3) is 0 Å². The Hall–Kier alpha value is -0.840. The maximum atomic E-state index is 5.66. The fourth-order valence-electron chi connectivity index (χ4n) is 2.14. The Bertz CT molecular complexity index is 505. The number of halogens is 1. The third-order valence-corrected chi connectivity index (χ3v) is 3.44. The summed E-state index contributed by atoms with van der Waals surface area (Å²) in [4.78, 5) is 0. The number of rotatable bonds is 5. The zero-order chi connectivity index (χ0) is 12.3. The summed E-state index contributed by atoms with van der Waals surface area (Å²) in [6.07, 6.45) is 4.13. The molecule has 0 unspecified atom stereocenters. The summed E-state index contributed by atoms with van der Waals surface area (Å²) < 4.78 is 3.39. The second kappa shape index (κ2) is 5.67. The lowest BCUT2D eigenvalue weighted by Gasteiger charge is -2.03. The zero-order valence-corrected chi connectivity index (χ0v) is 11.4. The monoisotopic (exact) mass is 295 g/mol. The van der Waals surface area contributed by atoms with Crippen molar-refractivity contribution in [3.05, 3.63) is 34.4 Å². The van der Waals surface area contributed by atoms with Crippen molar-refractivity contribution in [1.82, 2.24) is 4.57 Å². The van der Waals surface area contributed by atoms with Gasteiger partial charge in [-0.2, -0.15) is 0 Å². The van der Waals surface area contributed by atoms with Gasteiger partial charge in [-0.25, -0.2) is 0 Å². The van der Waals surface area contributed by atoms with Crippen LogP contribution in [0.15, 0.2) is 28.9 Å². The molecule has 2 rings (SSSR count). The molecular weight excluding hydrogens is 278 g/mol. The Balaban J connectivity index is 2.46. The van der Waals surface area contributed by atoms with Gasteiger partial charge in [0.2, 0.25) is 0 Å². The lowest BCUT2D eigenvalue weighted by molar-refractivity contribution is 0.668. The van der Waals surface area contributed by atoms with Crippen LogP contribution < -0.4 is 11.5 Å². The standard InChI is InChI=1S/C13H18BrN3/c14-11-2-3-13-12(8-11)10(4-6-16)9-17(13)7-1-5-15/h2-3,8-9H,1,4-7,15-16H2. The van der Waals surface area contributed by atoms with Crippen LogP contribution in [-0.4, -0.2) is 17.7 Å². The van der Waals surface area contributed by atoms with Crippen LogP contribution in [0.5, 0.6) is 0 Å². The number of aryl methyl sites for hydroxylation is 1. The first-order valence-electron chi connectivity index (χ1n) is 5.93. The summed E-state index contributed by atoms with van der Waals surface area (Å²) in [5.41, 5.74) is 13.8. The van der Waals surface area contributed by atoms with E-state index in [-0.39, 0.29) is 0 Å². The fourth-order valence-corrected chi connectivity index (χ4v) is 2.51. The number of nitrogens with zero attached hydrogens (tertiary/aromatic N) is 1. The topological polar surface area (TPSA) is 57.0 Å². The number of hydrogen-bond acceptors (Lipinski definition) is 2. The first-order chi connectivity index (χ1) is 8.26. The molecule has 92 valence electrons. The second-order valence-corrected chi connectivity index (χ2v) is 5.11. The highest BCUT2D eigenvalue weighted by atomic mass is 79.9. The maximum Gasteiger partial charge on any atom is 0.0483 e. The van der Waals surface area contributed by atoms with Crippen molar-refractivity contribution in [2.75, 3.05) is 13.1 Å². The van der Waals surface area contributed by atoms with E-state index in [2.05, 4.69) is 44.9 Å². The normalized spacial score (nSPS) is 11.2. The van der Waals surface area contributed by atoms with Gasteiger partial charge < -0.3 is 16.0 Å². The molecule has 0 fully saturated rings. The van der Waals surface area contributed by atoms with Gasteiger partial charge in [0.15, 0.2) is 0 Å². The molecule has 1 heterocycles. The van der Waals surface area contributed by atoms with Crippen LogP contribution in [0.1, 0.15) is 12.0 Å². The highest BCUT2D eigenvalue weighted by Crippen LogP contribution is 2.25. The molecule has 4 heteroatoms. The van der Waals surface area contributed by atoms with E-state index >= 15 is 0 Å². The molecule has 4 N–H and O–H groups in total. The molecule has 3 nitrogen and oxygen atoms in total. The van der Waals surface area contributed by atoms with Gasteiger partial charge in [-0.1, -0.05) is 15.9 Å². The molecule has 0 aliphatic heterocycles. The number of hydrogen-bond donors (Lipinski definition) is 2. The van der Waals surface area contributed by atoms with Crippen LogP contribution >= 0.6 is 15.9 Å². The van der Waals surface area contributed by atoms with Crippen LogP contribution in [0, 0.1) is 0 Å². The molecule has 0 atom stereocenters. The molecule has 1 aromatic heterocycles. The molecule has 0 aliphatic carbocycles. The Labute approximate surface area is 110 Å². The lowest BCUT2D eigenvalue weighted by Crippen LogP contribution is -2.05. The smallest absolute Gasteiger partial charge is 0.0483 e. The van der Waals surface area contributed by atoms with Gasteiger partial charge in [0.05, 0.1) is 0 Å². The average Bonchev–Trinajstić information content (AvgIpc) is 2.65. The van der Waals surface area contributed by atoms with E-state index in [0.717, 1.165) is 30.4 Å². The number of fused-ring (bicyclic) bond motifs is 1. The van der Waals surface area contributed by atoms with Gasteiger partial charge in [0.1, 0.15) is 0 Å². The van der Waals surface area contributed by atoms with Crippen molar-refractivity contribution in [2.24, 2.45) is 11.5 Å². The number of nitrogens with two attached hydrogens (primary N) is 2. The molecule has 2 aromatic rings. The first-order valence-corrected chi connectivity index (χ1v) is 6.73. The highest BCUT2D eigenvalue weighted by Gasteiger charge is 2.08. The molecule has 0 saturated carbocycles. The summed E-state index contributed by atoms with van der Waals surface area (Å²) in [7, 11) is 0. The average molecular weight is 296 g/mol. The minimum absolute atomic E-state index is 0.683. The van der Waals surface area contributed by atoms with Gasteiger partial charge in [0, 0.05) is 28.1 Å². The van der Waals surface area contributed by atoms with Crippen molar-refractivity contribution in [3.8, 4) is 0 Å². The van der Waals surface area contributed by atoms with Crippen molar-refractivity contribution in [3.63, 3.8) is 0 Å². The summed E-state index contributed by atoms with van der Waals surface area (Å²) in [5.74, 6) is 0. The van der Waals surface area contributed by atoms with E-state index in [0.29, 0.717) is 6.54 Å². The van der Waals surface area contributed by atoms with Gasteiger partial charge in [-0.3, -0.25) is 0 Å². The summed E-state index contributed by atoms with van der Waals surface area (Å²) in [5, 5.41) is 1.29. The van der Waals surface area contributed by atoms with E-state index in [9.17, 15) is 0 Å². The van der Waals surface area contributed by atoms with Crippen molar-refractivity contribution >= 4 is 26.8 Å². The van der Waals surface area contributed by atoms with Gasteiger partial charge in [-0.05, 0) is 49.7 Å². The predicted octanol–water partition coefficient (Wildman–Crippen LogP) is 2.25. The quantitative estimate of drug-likeness (QED) is 0.889. The molecular formula is C13H18BrN3. The van der Waals surface area contributed by atoms with Gasteiger partial charge >= 0.3 is 0 Å². The second-order valence-electron chi connectivity index (χ2n) is 4.19. The van der Waals surface area contributed by atoms with Crippen LogP contribution in [0.3, 0.4) is 0 Å². The Morgan fingerprint density at radius 1 is 1.18 bits per heavy atom. The molecule has 0 spiro atoms. The molecule has 0 radical (unpaired) electrons. The van der Waals surface area contributed by atoms with Crippen LogP contribution in [0.25, 0.3) is 10.9 Å². The van der Waals surface area contributed by atoms with Gasteiger partial charge in [-0.15, -0.1) is 0 Å². The van der Waals surface area contributed by atoms with Crippen LogP contribution in [-0.2, 0) is 13.0 Å². The van der Waals surface area contributed by atoms with E-state index in [1.54, 1.807) is 0 Å². The van der Waals surface area contributed by atoms with Crippen molar-refractivity contribution in [2.45, 2.75) is 19.4 Å². The maximum absolute atomic E-state index is 5.66. The minimum Gasteiger partial charge on any atom is -0.347 e. The Kier molecular flexibility index (Phi) is 4.20. The lowest BCUT2D eigenvalue weighted by atomic mass is 10.1. The van der Waals surface area contributed by atoms with Crippen LogP contribution in [0.2, 0.25) is 0 Å². The number of aromatic nitrogens is 1. The molecule has 0 saturated heterocycles. The number of benzene rings is 1. The van der Waals surface area contributed by atoms with Crippen molar-refractivity contribution in [1.29, 1.82) is 0 Å². The third kappa shape index (κ3) is 2.70. The Morgan fingerprint density at radius 3 is 2.71 bits per heavy atom. The SMILES string of the molecule is NCCCn1cc(CCN)c2cc(Br)ccc21. The molecule has 1 aromatic carbocycles. The Morgan fingerprint density at radius 2 is 2.00 bits per heavy atom.